The maximum absolute atomic E-state index is 12.8. The van der Waals surface area contributed by atoms with Crippen LogP contribution in [0.2, 0.25) is 0 Å². The summed E-state index contributed by atoms with van der Waals surface area (Å²) < 4.78 is 17.4. The van der Waals surface area contributed by atoms with Crippen LogP contribution in [0.5, 0.6) is 0 Å². The van der Waals surface area contributed by atoms with Gasteiger partial charge >= 0.3 is 5.97 Å². The van der Waals surface area contributed by atoms with Gasteiger partial charge in [-0.25, -0.2) is 14.2 Å². The van der Waals surface area contributed by atoms with E-state index in [1.165, 1.54) is 19.2 Å². The molecule has 0 fully saturated rings. The van der Waals surface area contributed by atoms with E-state index >= 15 is 0 Å². The van der Waals surface area contributed by atoms with Gasteiger partial charge in [0, 0.05) is 11.3 Å². The van der Waals surface area contributed by atoms with Crippen LogP contribution in [0.25, 0.3) is 11.1 Å². The van der Waals surface area contributed by atoms with Crippen molar-refractivity contribution in [3.05, 3.63) is 53.6 Å². The van der Waals surface area contributed by atoms with Crippen molar-refractivity contribution in [3.8, 4) is 11.1 Å². The second kappa shape index (κ2) is 4.96. The maximum Gasteiger partial charge on any atom is 0.356 e. The van der Waals surface area contributed by atoms with E-state index in [0.29, 0.717) is 5.69 Å². The van der Waals surface area contributed by atoms with E-state index in [0.717, 1.165) is 11.1 Å². The van der Waals surface area contributed by atoms with Crippen molar-refractivity contribution in [1.29, 1.82) is 0 Å². The monoisotopic (exact) mass is 245 g/mol. The third-order valence-electron chi connectivity index (χ3n) is 2.64. The van der Waals surface area contributed by atoms with Crippen molar-refractivity contribution in [1.82, 2.24) is 4.98 Å². The number of carbonyl (C=O) groups is 1. The van der Waals surface area contributed by atoms with Crippen molar-refractivity contribution in [2.45, 2.75) is 6.92 Å². The molecule has 0 spiro atoms. The Morgan fingerprint density at radius 3 is 2.39 bits per heavy atom. The summed E-state index contributed by atoms with van der Waals surface area (Å²) in [6.07, 6.45) is 0. The smallest absolute Gasteiger partial charge is 0.356 e. The molecule has 0 unspecified atom stereocenters. The molecule has 0 radical (unpaired) electrons. The molecule has 0 atom stereocenters. The van der Waals surface area contributed by atoms with Crippen molar-refractivity contribution >= 4 is 5.97 Å². The number of aryl methyl sites for hydroxylation is 1. The molecule has 2 aromatic rings. The third-order valence-corrected chi connectivity index (χ3v) is 2.64. The fourth-order valence-electron chi connectivity index (χ4n) is 1.71. The molecule has 1 aromatic carbocycles. The first-order valence-corrected chi connectivity index (χ1v) is 5.43. The number of benzene rings is 1. The average molecular weight is 245 g/mol. The molecule has 0 aliphatic rings. The largest absolute Gasteiger partial charge is 0.464 e. The predicted molar refractivity (Wildman–Crippen MR) is 65.7 cm³/mol. The Morgan fingerprint density at radius 1 is 1.17 bits per heavy atom. The van der Waals surface area contributed by atoms with E-state index in [2.05, 4.69) is 9.72 Å². The van der Waals surface area contributed by atoms with Gasteiger partial charge in [-0.05, 0) is 30.7 Å². The summed E-state index contributed by atoms with van der Waals surface area (Å²) in [4.78, 5) is 15.5. The molecule has 18 heavy (non-hydrogen) atoms. The molecular weight excluding hydrogens is 233 g/mol. The van der Waals surface area contributed by atoms with Gasteiger partial charge in [0.05, 0.1) is 7.11 Å². The van der Waals surface area contributed by atoms with Crippen molar-refractivity contribution in [2.75, 3.05) is 7.11 Å². The van der Waals surface area contributed by atoms with Crippen LogP contribution in [0.4, 0.5) is 4.39 Å². The first kappa shape index (κ1) is 12.2. The Morgan fingerprint density at radius 2 is 1.83 bits per heavy atom. The summed E-state index contributed by atoms with van der Waals surface area (Å²) in [6.45, 7) is 1.80. The van der Waals surface area contributed by atoms with Gasteiger partial charge in [-0.15, -0.1) is 0 Å². The molecule has 1 heterocycles. The highest BCUT2D eigenvalue weighted by molar-refractivity contribution is 5.87. The number of pyridine rings is 1. The van der Waals surface area contributed by atoms with Gasteiger partial charge in [-0.3, -0.25) is 0 Å². The van der Waals surface area contributed by atoms with Gasteiger partial charge < -0.3 is 4.74 Å². The zero-order chi connectivity index (χ0) is 13.1. The van der Waals surface area contributed by atoms with Gasteiger partial charge in [0.25, 0.3) is 0 Å². The molecule has 0 aliphatic heterocycles. The average Bonchev–Trinajstić information content (AvgIpc) is 2.39. The summed E-state index contributed by atoms with van der Waals surface area (Å²) in [5.74, 6) is -0.751. The van der Waals surface area contributed by atoms with E-state index in [1.807, 2.05) is 0 Å². The van der Waals surface area contributed by atoms with Gasteiger partial charge in [0.2, 0.25) is 0 Å². The number of carbonyl (C=O) groups excluding carboxylic acids is 1. The summed E-state index contributed by atoms with van der Waals surface area (Å²) in [7, 11) is 1.31. The highest BCUT2D eigenvalue weighted by Crippen LogP contribution is 2.22. The van der Waals surface area contributed by atoms with Gasteiger partial charge in [-0.1, -0.05) is 18.2 Å². The number of hydrogen-bond acceptors (Lipinski definition) is 3. The Labute approximate surface area is 104 Å². The van der Waals surface area contributed by atoms with E-state index < -0.39 is 5.97 Å². The van der Waals surface area contributed by atoms with Crippen molar-refractivity contribution in [3.63, 3.8) is 0 Å². The van der Waals surface area contributed by atoms with Crippen LogP contribution in [0.3, 0.4) is 0 Å². The Balaban J connectivity index is 2.41. The molecule has 0 aliphatic carbocycles. The minimum atomic E-state index is -0.469. The summed E-state index contributed by atoms with van der Waals surface area (Å²) in [5.41, 5.74) is 2.69. The lowest BCUT2D eigenvalue weighted by atomic mass is 10.0. The van der Waals surface area contributed by atoms with E-state index in [-0.39, 0.29) is 11.5 Å². The molecule has 0 saturated heterocycles. The minimum Gasteiger partial charge on any atom is -0.464 e. The van der Waals surface area contributed by atoms with E-state index in [9.17, 15) is 9.18 Å². The van der Waals surface area contributed by atoms with Crippen LogP contribution in [-0.4, -0.2) is 18.1 Å². The fraction of sp³-hybridized carbons (Fsp3) is 0.143. The van der Waals surface area contributed by atoms with Crippen LogP contribution in [0.1, 0.15) is 16.2 Å². The topological polar surface area (TPSA) is 39.2 Å². The number of halogens is 1. The molecule has 0 bridgehead atoms. The summed E-state index contributed by atoms with van der Waals surface area (Å²) >= 11 is 0. The van der Waals surface area contributed by atoms with Gasteiger partial charge in [0.15, 0.2) is 0 Å². The Hall–Kier alpha value is -2.23. The number of aromatic nitrogens is 1. The quantitative estimate of drug-likeness (QED) is 0.763. The van der Waals surface area contributed by atoms with E-state index in [1.54, 1.807) is 31.2 Å². The number of rotatable bonds is 2. The number of nitrogens with zero attached hydrogens (tertiary/aromatic N) is 1. The maximum atomic E-state index is 12.8. The minimum absolute atomic E-state index is 0.265. The molecule has 4 heteroatoms. The standard InChI is InChI=1S/C14H12FNO2/c1-9-12(10-3-5-11(15)6-4-10)7-8-13(16-9)14(17)18-2/h3-8H,1-2H3. The molecule has 0 amide bonds. The number of ether oxygens (including phenoxy) is 1. The predicted octanol–water partition coefficient (Wildman–Crippen LogP) is 2.98. The number of esters is 1. The number of hydrogen-bond donors (Lipinski definition) is 0. The Kier molecular flexibility index (Phi) is 3.37. The van der Waals surface area contributed by atoms with Crippen LogP contribution >= 0.6 is 0 Å². The van der Waals surface area contributed by atoms with Gasteiger partial charge in [-0.2, -0.15) is 0 Å². The lowest BCUT2D eigenvalue weighted by molar-refractivity contribution is 0.0594. The summed E-state index contributed by atoms with van der Waals surface area (Å²) in [6, 6.07) is 9.51. The van der Waals surface area contributed by atoms with Gasteiger partial charge in [0.1, 0.15) is 11.5 Å². The van der Waals surface area contributed by atoms with Crippen molar-refractivity contribution in [2.24, 2.45) is 0 Å². The Bertz CT molecular complexity index is 579. The molecule has 1 aromatic heterocycles. The third kappa shape index (κ3) is 2.37. The van der Waals surface area contributed by atoms with Crippen LogP contribution in [0, 0.1) is 12.7 Å². The lowest BCUT2D eigenvalue weighted by Gasteiger charge is -2.07. The first-order chi connectivity index (χ1) is 8.61. The van der Waals surface area contributed by atoms with Crippen LogP contribution < -0.4 is 0 Å². The fourth-order valence-corrected chi connectivity index (χ4v) is 1.71. The van der Waals surface area contributed by atoms with Crippen LogP contribution in [0.15, 0.2) is 36.4 Å². The first-order valence-electron chi connectivity index (χ1n) is 5.43. The van der Waals surface area contributed by atoms with E-state index in [4.69, 9.17) is 0 Å². The number of methoxy groups -OCH3 is 1. The zero-order valence-electron chi connectivity index (χ0n) is 10.1. The SMILES string of the molecule is COC(=O)c1ccc(-c2ccc(F)cc2)c(C)n1. The normalized spacial score (nSPS) is 10.2. The van der Waals surface area contributed by atoms with Crippen molar-refractivity contribution < 1.29 is 13.9 Å². The molecule has 3 nitrogen and oxygen atoms in total. The molecule has 0 N–H and O–H groups in total. The molecule has 0 saturated carbocycles. The second-order valence-corrected chi connectivity index (χ2v) is 3.83. The summed E-state index contributed by atoms with van der Waals surface area (Å²) in [5, 5.41) is 0. The lowest BCUT2D eigenvalue weighted by Crippen LogP contribution is -2.05. The second-order valence-electron chi connectivity index (χ2n) is 3.83. The molecule has 2 rings (SSSR count). The molecule has 92 valence electrons. The highest BCUT2D eigenvalue weighted by Gasteiger charge is 2.10. The van der Waals surface area contributed by atoms with Crippen LogP contribution in [-0.2, 0) is 4.74 Å². The molecular formula is C14H12FNO2. The highest BCUT2D eigenvalue weighted by atomic mass is 19.1. The zero-order valence-corrected chi connectivity index (χ0v) is 10.1.